The van der Waals surface area contributed by atoms with Crippen molar-refractivity contribution >= 4 is 81.4 Å². The van der Waals surface area contributed by atoms with Gasteiger partial charge < -0.3 is 11.6 Å². The molecule has 7 nitrogen and oxygen atoms in total. The van der Waals surface area contributed by atoms with E-state index in [1.807, 2.05) is 0 Å². The Bertz CT molecular complexity index is 1170. The van der Waals surface area contributed by atoms with Gasteiger partial charge in [0.2, 0.25) is 0 Å². The second-order valence-corrected chi connectivity index (χ2v) is 7.73. The van der Waals surface area contributed by atoms with E-state index in [9.17, 15) is 18.4 Å². The van der Waals surface area contributed by atoms with Gasteiger partial charge in [0.05, 0.1) is 11.1 Å². The second-order valence-electron chi connectivity index (χ2n) is 5.38. The van der Waals surface area contributed by atoms with Gasteiger partial charge in [-0.2, -0.15) is 0 Å². The summed E-state index contributed by atoms with van der Waals surface area (Å²) in [6, 6.07) is 5.81. The van der Waals surface area contributed by atoms with Crippen LogP contribution in [0.5, 0.6) is 0 Å². The zero-order chi connectivity index (χ0) is 25.1. The van der Waals surface area contributed by atoms with Gasteiger partial charge in [-0.05, 0) is 40.2 Å². The third-order valence-electron chi connectivity index (χ3n) is 3.41. The fourth-order valence-corrected chi connectivity index (χ4v) is 3.80. The second kappa shape index (κ2) is 20.0. The van der Waals surface area contributed by atoms with E-state index in [0.717, 1.165) is 6.07 Å². The van der Waals surface area contributed by atoms with Crippen LogP contribution < -0.4 is 108 Å². The number of hydrogen-bond acceptors (Lipinski definition) is 7. The molecule has 0 saturated heterocycles. The first-order chi connectivity index (χ1) is 15.6. The van der Waals surface area contributed by atoms with Crippen LogP contribution in [0.1, 0.15) is 22.1 Å². The van der Waals surface area contributed by atoms with Crippen LogP contribution in [0.15, 0.2) is 34.8 Å². The third-order valence-corrected chi connectivity index (χ3v) is 5.03. The Morgan fingerprint density at radius 3 is 1.77 bits per heavy atom. The number of carbonyl (C=O) groups is 3. The van der Waals surface area contributed by atoms with Crippen molar-refractivity contribution in [2.45, 2.75) is 0 Å². The Morgan fingerprint density at radius 1 is 0.857 bits per heavy atom. The minimum absolute atomic E-state index is 0. The first-order valence-electron chi connectivity index (χ1n) is 8.05. The Hall–Kier alpha value is 1.06. The number of hydrogen-bond donors (Lipinski definition) is 0. The van der Waals surface area contributed by atoms with Crippen LogP contribution in [0.2, 0.25) is 20.6 Å². The molecule has 2 heterocycles. The van der Waals surface area contributed by atoms with E-state index in [1.165, 1.54) is 18.2 Å². The topological polar surface area (TPSA) is 109 Å². The van der Waals surface area contributed by atoms with Crippen LogP contribution >= 0.6 is 62.3 Å². The van der Waals surface area contributed by atoms with Gasteiger partial charge in [-0.25, -0.2) is 18.7 Å². The number of aldehydes is 2. The van der Waals surface area contributed by atoms with E-state index in [-0.39, 0.29) is 148 Å². The molecule has 3 rings (SSSR count). The molecule has 0 N–H and O–H groups in total. The average Bonchev–Trinajstić information content (AvgIpc) is 2.73. The van der Waals surface area contributed by atoms with Crippen LogP contribution in [0.25, 0.3) is 11.1 Å². The quantitative estimate of drug-likeness (QED) is 0.122. The summed E-state index contributed by atoms with van der Waals surface area (Å²) in [6.07, 6.45) is 1.07. The molecule has 0 unspecified atom stereocenters. The Kier molecular flexibility index (Phi) is 21.9. The molecule has 0 fully saturated rings. The maximum Gasteiger partial charge on any atom is 1.00 e. The minimum Gasteiger partial charge on any atom is -1.00 e. The average molecular weight is 683 g/mol. The molecule has 2 aromatic heterocycles. The normalized spacial score (nSPS) is 9.03. The van der Waals surface area contributed by atoms with Gasteiger partial charge in [0.1, 0.15) is 32.2 Å². The van der Waals surface area contributed by atoms with Crippen molar-refractivity contribution in [1.29, 1.82) is 0 Å². The van der Waals surface area contributed by atoms with E-state index in [0.29, 0.717) is 28.7 Å². The SMILES string of the molecule is O=CO[O-].O=Cc1c(-c2ccc(F)cc2F)cc(Cl)nc1Cl.O=Cc1c(Br)cc(Cl)nc1Cl.[H-].[K+].[K+]. The molecule has 0 radical (unpaired) electrons. The van der Waals surface area contributed by atoms with E-state index in [1.54, 1.807) is 0 Å². The summed E-state index contributed by atoms with van der Waals surface area (Å²) < 4.78 is 27.0. The Labute approximate surface area is 312 Å². The van der Waals surface area contributed by atoms with Crippen molar-refractivity contribution in [2.24, 2.45) is 0 Å². The summed E-state index contributed by atoms with van der Waals surface area (Å²) in [6.45, 7) is -0.181. The Balaban J connectivity index is -0.000000524. The molecular weight excluding hydrogens is 674 g/mol. The summed E-state index contributed by atoms with van der Waals surface area (Å²) in [5, 5.41) is 8.69. The van der Waals surface area contributed by atoms with E-state index in [2.05, 4.69) is 30.8 Å². The zero-order valence-electron chi connectivity index (χ0n) is 18.7. The van der Waals surface area contributed by atoms with Crippen molar-refractivity contribution in [3.63, 3.8) is 0 Å². The number of carbonyl (C=O) groups excluding carboxylic acids is 3. The van der Waals surface area contributed by atoms with Gasteiger partial charge in [0.15, 0.2) is 12.6 Å². The first-order valence-corrected chi connectivity index (χ1v) is 10.4. The molecule has 0 aliphatic rings. The van der Waals surface area contributed by atoms with Gasteiger partial charge in [-0.3, -0.25) is 14.4 Å². The number of pyridine rings is 2. The molecule has 3 aromatic rings. The maximum absolute atomic E-state index is 13.7. The molecule has 0 aliphatic heterocycles. The number of halogens is 7. The summed E-state index contributed by atoms with van der Waals surface area (Å²) >= 11 is 25.7. The van der Waals surface area contributed by atoms with Gasteiger partial charge in [-0.15, -0.1) is 0 Å². The van der Waals surface area contributed by atoms with Crippen molar-refractivity contribution in [2.75, 3.05) is 0 Å². The predicted molar refractivity (Wildman–Crippen MR) is 121 cm³/mol. The molecular formula is C19H9BrCl4F2K2N2O5. The Morgan fingerprint density at radius 2 is 1.34 bits per heavy atom. The van der Waals surface area contributed by atoms with Crippen molar-refractivity contribution in [3.8, 4) is 11.1 Å². The van der Waals surface area contributed by atoms with E-state index < -0.39 is 11.6 Å². The number of nitrogens with zero attached hydrogens (tertiary/aromatic N) is 2. The minimum atomic E-state index is -0.809. The molecule has 0 bridgehead atoms. The van der Waals surface area contributed by atoms with Gasteiger partial charge in [-0.1, -0.05) is 46.4 Å². The largest absolute Gasteiger partial charge is 1.00 e. The number of aromatic nitrogens is 2. The van der Waals surface area contributed by atoms with Crippen LogP contribution in [0.4, 0.5) is 8.78 Å². The first kappa shape index (κ1) is 38.2. The van der Waals surface area contributed by atoms with E-state index >= 15 is 0 Å². The molecule has 35 heavy (non-hydrogen) atoms. The summed E-state index contributed by atoms with van der Waals surface area (Å²) in [5.41, 5.74) is 0.528. The maximum atomic E-state index is 13.7. The number of rotatable bonds is 4. The van der Waals surface area contributed by atoms with Crippen LogP contribution in [-0.2, 0) is 9.68 Å². The monoisotopic (exact) mass is 680 g/mol. The summed E-state index contributed by atoms with van der Waals surface area (Å²) in [5.74, 6) is -1.52. The molecule has 0 spiro atoms. The van der Waals surface area contributed by atoms with Crippen molar-refractivity contribution in [1.82, 2.24) is 9.97 Å². The van der Waals surface area contributed by atoms with Gasteiger partial charge >= 0.3 is 103 Å². The van der Waals surface area contributed by atoms with Gasteiger partial charge in [0.25, 0.3) is 6.47 Å². The van der Waals surface area contributed by atoms with Crippen LogP contribution in [0.3, 0.4) is 0 Å². The van der Waals surface area contributed by atoms with Crippen LogP contribution in [0, 0.1) is 11.6 Å². The van der Waals surface area contributed by atoms with Crippen molar-refractivity contribution in [3.05, 3.63) is 78.2 Å². The van der Waals surface area contributed by atoms with Crippen molar-refractivity contribution < 1.29 is 138 Å². The molecule has 0 atom stereocenters. The number of benzene rings is 1. The molecule has 0 amide bonds. The fraction of sp³-hybridized carbons (Fsp3) is 0. The van der Waals surface area contributed by atoms with Crippen LogP contribution in [-0.4, -0.2) is 29.0 Å². The molecule has 16 heteroatoms. The smallest absolute Gasteiger partial charge is 1.00 e. The molecule has 1 aromatic carbocycles. The fourth-order valence-electron chi connectivity index (χ4n) is 2.11. The standard InChI is InChI=1S/C12H5Cl2F2NO.C6H2BrCl2NO.CH2O3.2K.H/c13-11-4-8(9(5-18)12(14)17-11)7-2-1-6(15)3-10(7)16;7-4-1-5(8)10-6(9)3(4)2-11;2-1-4-3;;;/h1-5H;1-2H;1,3H;;;/q;;;2*+1;-1/p-1. The van der Waals surface area contributed by atoms with E-state index in [4.69, 9.17) is 56.5 Å². The third kappa shape index (κ3) is 12.6. The zero-order valence-corrected chi connectivity index (χ0v) is 28.6. The summed E-state index contributed by atoms with van der Waals surface area (Å²) in [4.78, 5) is 39.9. The van der Waals surface area contributed by atoms with Gasteiger partial charge in [0, 0.05) is 21.7 Å². The molecule has 176 valence electrons. The molecule has 0 aliphatic carbocycles. The summed E-state index contributed by atoms with van der Waals surface area (Å²) in [7, 11) is 0. The molecule has 0 saturated carbocycles. The predicted octanol–water partition coefficient (Wildman–Crippen LogP) is -0.335.